The molecule has 4 N–H and O–H groups in total. The molecule has 24 heavy (non-hydrogen) atoms. The minimum Gasteiger partial charge on any atom is -0.340 e. The van der Waals surface area contributed by atoms with Gasteiger partial charge in [0.1, 0.15) is 5.82 Å². The Kier molecular flexibility index (Phi) is 4.99. The predicted molar refractivity (Wildman–Crippen MR) is 88.9 cm³/mol. The van der Waals surface area contributed by atoms with Gasteiger partial charge < -0.3 is 21.3 Å². The summed E-state index contributed by atoms with van der Waals surface area (Å²) in [6, 6.07) is 5.31. The topological polar surface area (TPSA) is 87.5 Å². The van der Waals surface area contributed by atoms with Crippen LogP contribution in [-0.4, -0.2) is 42.0 Å². The van der Waals surface area contributed by atoms with Crippen LogP contribution in [-0.2, 0) is 4.79 Å². The van der Waals surface area contributed by atoms with Gasteiger partial charge in [0, 0.05) is 36.8 Å². The minimum absolute atomic E-state index is 0.0341. The molecule has 130 valence electrons. The number of carbonyl (C=O) groups excluding carboxylic acids is 2. The number of likely N-dealkylation sites (tertiary alicyclic amines) is 1. The van der Waals surface area contributed by atoms with Gasteiger partial charge in [0.15, 0.2) is 0 Å². The molecule has 0 spiro atoms. The van der Waals surface area contributed by atoms with E-state index in [4.69, 9.17) is 5.73 Å². The summed E-state index contributed by atoms with van der Waals surface area (Å²) in [6.07, 6.45) is 3.27. The number of amides is 3. The van der Waals surface area contributed by atoms with Crippen molar-refractivity contribution in [1.29, 1.82) is 0 Å². The van der Waals surface area contributed by atoms with Crippen LogP contribution in [0.2, 0.25) is 0 Å². The summed E-state index contributed by atoms with van der Waals surface area (Å²) in [5, 5.41) is 5.53. The number of anilines is 1. The lowest BCUT2D eigenvalue weighted by Crippen LogP contribution is -2.41. The quantitative estimate of drug-likeness (QED) is 0.786. The molecule has 3 amide bonds. The highest BCUT2D eigenvalue weighted by Crippen LogP contribution is 2.27. The van der Waals surface area contributed by atoms with Crippen molar-refractivity contribution < 1.29 is 14.0 Å². The van der Waals surface area contributed by atoms with Crippen LogP contribution in [0.15, 0.2) is 24.3 Å². The summed E-state index contributed by atoms with van der Waals surface area (Å²) in [5.74, 6) is -0.157. The third-order valence-electron chi connectivity index (χ3n) is 4.76. The molecule has 3 unspecified atom stereocenters. The number of halogens is 1. The number of nitrogens with one attached hydrogen (secondary N) is 2. The molecule has 1 saturated carbocycles. The van der Waals surface area contributed by atoms with Gasteiger partial charge >= 0.3 is 6.03 Å². The predicted octanol–water partition coefficient (Wildman–Crippen LogP) is 1.68. The first-order valence-corrected chi connectivity index (χ1v) is 8.38. The van der Waals surface area contributed by atoms with Crippen LogP contribution in [0.4, 0.5) is 14.9 Å². The smallest absolute Gasteiger partial charge is 0.319 e. The number of carbonyl (C=O) groups is 2. The maximum absolute atomic E-state index is 12.8. The van der Waals surface area contributed by atoms with E-state index in [1.807, 2.05) is 4.90 Å². The third kappa shape index (κ3) is 4.03. The van der Waals surface area contributed by atoms with E-state index in [1.54, 1.807) is 0 Å². The molecule has 0 aromatic heterocycles. The lowest BCUT2D eigenvalue weighted by Gasteiger charge is -2.21. The highest BCUT2D eigenvalue weighted by Gasteiger charge is 2.34. The molecule has 6 nitrogen and oxygen atoms in total. The summed E-state index contributed by atoms with van der Waals surface area (Å²) in [6.45, 7) is 1.19. The average molecular weight is 334 g/mol. The molecule has 1 aliphatic carbocycles. The van der Waals surface area contributed by atoms with E-state index in [-0.39, 0.29) is 35.8 Å². The van der Waals surface area contributed by atoms with E-state index >= 15 is 0 Å². The number of nitrogens with zero attached hydrogens (tertiary/aromatic N) is 1. The fourth-order valence-electron chi connectivity index (χ4n) is 3.46. The number of rotatable bonds is 3. The average Bonchev–Trinajstić information content (AvgIpc) is 3.18. The second-order valence-corrected chi connectivity index (χ2v) is 6.65. The van der Waals surface area contributed by atoms with E-state index < -0.39 is 0 Å². The van der Waals surface area contributed by atoms with E-state index in [9.17, 15) is 14.0 Å². The Morgan fingerprint density at radius 2 is 1.92 bits per heavy atom. The molecule has 0 bridgehead atoms. The van der Waals surface area contributed by atoms with Gasteiger partial charge in [0.2, 0.25) is 5.91 Å². The number of hydrogen-bond acceptors (Lipinski definition) is 3. The molecule has 1 heterocycles. The number of benzene rings is 1. The third-order valence-corrected chi connectivity index (χ3v) is 4.76. The Bertz CT molecular complexity index is 607. The Balaban J connectivity index is 1.46. The number of urea groups is 1. The maximum Gasteiger partial charge on any atom is 0.319 e. The zero-order chi connectivity index (χ0) is 17.1. The molecule has 1 aromatic rings. The van der Waals surface area contributed by atoms with Gasteiger partial charge in [0.25, 0.3) is 0 Å². The fourth-order valence-corrected chi connectivity index (χ4v) is 3.46. The van der Waals surface area contributed by atoms with Gasteiger partial charge in [-0.15, -0.1) is 0 Å². The highest BCUT2D eigenvalue weighted by atomic mass is 19.1. The molecule has 0 radical (unpaired) electrons. The van der Waals surface area contributed by atoms with Crippen molar-refractivity contribution >= 4 is 17.6 Å². The summed E-state index contributed by atoms with van der Waals surface area (Å²) in [4.78, 5) is 26.3. The summed E-state index contributed by atoms with van der Waals surface area (Å²) in [5.41, 5.74) is 6.41. The largest absolute Gasteiger partial charge is 0.340 e. The van der Waals surface area contributed by atoms with Crippen molar-refractivity contribution in [3.05, 3.63) is 30.1 Å². The monoisotopic (exact) mass is 334 g/mol. The van der Waals surface area contributed by atoms with Crippen LogP contribution < -0.4 is 16.4 Å². The molecule has 1 aromatic carbocycles. The van der Waals surface area contributed by atoms with Crippen LogP contribution >= 0.6 is 0 Å². The standard InChI is InChI=1S/C17H23FN4O2/c18-12-2-5-14(6-3-12)20-17(24)21-15-7-8-22(10-15)16(23)11-1-4-13(19)9-11/h2-3,5-6,11,13,15H,1,4,7-10,19H2,(H2,20,21,24). The summed E-state index contributed by atoms with van der Waals surface area (Å²) >= 11 is 0. The van der Waals surface area contributed by atoms with Crippen molar-refractivity contribution in [1.82, 2.24) is 10.2 Å². The van der Waals surface area contributed by atoms with E-state index in [1.165, 1.54) is 24.3 Å². The van der Waals surface area contributed by atoms with Crippen molar-refractivity contribution in [2.75, 3.05) is 18.4 Å². The van der Waals surface area contributed by atoms with Gasteiger partial charge in [-0.2, -0.15) is 0 Å². The fraction of sp³-hybridized carbons (Fsp3) is 0.529. The van der Waals surface area contributed by atoms with E-state index in [0.29, 0.717) is 18.8 Å². The lowest BCUT2D eigenvalue weighted by molar-refractivity contribution is -0.134. The Morgan fingerprint density at radius 3 is 2.58 bits per heavy atom. The molecular formula is C17H23FN4O2. The van der Waals surface area contributed by atoms with Crippen LogP contribution in [0.5, 0.6) is 0 Å². The van der Waals surface area contributed by atoms with Crippen molar-refractivity contribution in [3.63, 3.8) is 0 Å². The Labute approximate surface area is 140 Å². The molecule has 1 saturated heterocycles. The first-order valence-electron chi connectivity index (χ1n) is 8.38. The van der Waals surface area contributed by atoms with Crippen LogP contribution in [0.3, 0.4) is 0 Å². The first-order chi connectivity index (χ1) is 11.5. The van der Waals surface area contributed by atoms with E-state index in [2.05, 4.69) is 10.6 Å². The Morgan fingerprint density at radius 1 is 1.17 bits per heavy atom. The minimum atomic E-state index is -0.350. The van der Waals surface area contributed by atoms with Crippen LogP contribution in [0.25, 0.3) is 0 Å². The molecule has 1 aliphatic heterocycles. The number of hydrogen-bond donors (Lipinski definition) is 3. The zero-order valence-corrected chi connectivity index (χ0v) is 13.5. The van der Waals surface area contributed by atoms with Crippen molar-refractivity contribution in [3.8, 4) is 0 Å². The normalized spacial score (nSPS) is 26.4. The zero-order valence-electron chi connectivity index (χ0n) is 13.5. The van der Waals surface area contributed by atoms with Gasteiger partial charge in [-0.1, -0.05) is 0 Å². The van der Waals surface area contributed by atoms with Crippen LogP contribution in [0.1, 0.15) is 25.7 Å². The second-order valence-electron chi connectivity index (χ2n) is 6.65. The summed E-state index contributed by atoms with van der Waals surface area (Å²) < 4.78 is 12.8. The second kappa shape index (κ2) is 7.17. The molecule has 3 rings (SSSR count). The van der Waals surface area contributed by atoms with E-state index in [0.717, 1.165) is 25.7 Å². The SMILES string of the molecule is NC1CCC(C(=O)N2CCC(NC(=O)Nc3ccc(F)cc3)C2)C1. The number of nitrogens with two attached hydrogens (primary N) is 1. The van der Waals surface area contributed by atoms with Crippen LogP contribution in [0, 0.1) is 11.7 Å². The maximum atomic E-state index is 12.8. The molecule has 2 fully saturated rings. The lowest BCUT2D eigenvalue weighted by atomic mass is 10.1. The summed E-state index contributed by atoms with van der Waals surface area (Å²) in [7, 11) is 0. The first kappa shape index (κ1) is 16.7. The van der Waals surface area contributed by atoms with Gasteiger partial charge in [0.05, 0.1) is 0 Å². The van der Waals surface area contributed by atoms with Gasteiger partial charge in [-0.05, 0) is 49.9 Å². The molecule has 7 heteroatoms. The van der Waals surface area contributed by atoms with Crippen molar-refractivity contribution in [2.45, 2.75) is 37.8 Å². The Hall–Kier alpha value is -2.15. The van der Waals surface area contributed by atoms with Crippen molar-refractivity contribution in [2.24, 2.45) is 11.7 Å². The highest BCUT2D eigenvalue weighted by molar-refractivity contribution is 5.89. The molecular weight excluding hydrogens is 311 g/mol. The van der Waals surface area contributed by atoms with Gasteiger partial charge in [-0.25, -0.2) is 9.18 Å². The molecule has 2 aliphatic rings. The molecule has 3 atom stereocenters. The van der Waals surface area contributed by atoms with Gasteiger partial charge in [-0.3, -0.25) is 4.79 Å².